The number of β-amino-alcohol motifs (C(OH)–C–C–N with tert-alkyl or cyclic N) is 1. The molecule has 1 aromatic rings. The largest absolute Gasteiger partial charge is 0.389 e. The van der Waals surface area contributed by atoms with E-state index in [4.69, 9.17) is 0 Å². The van der Waals surface area contributed by atoms with E-state index >= 15 is 0 Å². The number of hydrogen-bond acceptors (Lipinski definition) is 5. The van der Waals surface area contributed by atoms with Gasteiger partial charge in [-0.15, -0.1) is 0 Å². The fourth-order valence-electron chi connectivity index (χ4n) is 3.91. The summed E-state index contributed by atoms with van der Waals surface area (Å²) in [6.45, 7) is 2.64. The van der Waals surface area contributed by atoms with Gasteiger partial charge in [-0.05, 0) is 62.7 Å². The first-order valence-electron chi connectivity index (χ1n) is 9.09. The highest BCUT2D eigenvalue weighted by atomic mass is 16.3. The molecule has 1 aromatic heterocycles. The zero-order chi connectivity index (χ0) is 18.3. The molecule has 0 aliphatic carbocycles. The minimum atomic E-state index is -0.396. The van der Waals surface area contributed by atoms with Crippen LogP contribution < -0.4 is 5.32 Å². The average Bonchev–Trinajstić information content (AvgIpc) is 2.60. The Hall–Kier alpha value is -2.25. The Morgan fingerprint density at radius 2 is 2.12 bits per heavy atom. The minimum absolute atomic E-state index is 0.0837. The van der Waals surface area contributed by atoms with Gasteiger partial charge in [-0.25, -0.2) is 4.98 Å². The van der Waals surface area contributed by atoms with E-state index in [1.54, 1.807) is 17.2 Å². The molecule has 138 valence electrons. The summed E-state index contributed by atoms with van der Waals surface area (Å²) in [5.74, 6) is 0.613. The number of hydrogen-bond donors (Lipinski definition) is 2. The first-order valence-corrected chi connectivity index (χ1v) is 9.09. The van der Waals surface area contributed by atoms with Gasteiger partial charge < -0.3 is 20.2 Å². The zero-order valence-corrected chi connectivity index (χ0v) is 14.9. The number of rotatable bonds is 2. The molecule has 0 unspecified atom stereocenters. The fourth-order valence-corrected chi connectivity index (χ4v) is 3.91. The number of amides is 2. The maximum atomic E-state index is 12.6. The second-order valence-corrected chi connectivity index (χ2v) is 7.72. The summed E-state index contributed by atoms with van der Waals surface area (Å²) in [7, 11) is 2.08. The monoisotopic (exact) mass is 356 g/mol. The zero-order valence-electron chi connectivity index (χ0n) is 14.9. The molecule has 0 atom stereocenters. The molecule has 2 saturated heterocycles. The Bertz CT molecular complexity index is 762. The quantitative estimate of drug-likeness (QED) is 0.754. The molecule has 0 aromatic carbocycles. The Kier molecular flexibility index (Phi) is 4.28. The first kappa shape index (κ1) is 17.2. The van der Waals surface area contributed by atoms with Crippen LogP contribution in [0.4, 0.5) is 5.82 Å². The van der Waals surface area contributed by atoms with Crippen molar-refractivity contribution in [3.05, 3.63) is 29.5 Å². The molecule has 3 aliphatic heterocycles. The lowest BCUT2D eigenvalue weighted by Crippen LogP contribution is -2.52. The van der Waals surface area contributed by atoms with Crippen molar-refractivity contribution in [3.63, 3.8) is 0 Å². The summed E-state index contributed by atoms with van der Waals surface area (Å²) in [5.41, 5.74) is 1.54. The highest BCUT2D eigenvalue weighted by molar-refractivity contribution is 5.98. The number of aliphatic hydroxyl groups is 1. The second-order valence-electron chi connectivity index (χ2n) is 7.72. The van der Waals surface area contributed by atoms with Crippen molar-refractivity contribution in [3.8, 4) is 0 Å². The third-order valence-corrected chi connectivity index (χ3v) is 5.77. The molecule has 1 spiro atoms. The van der Waals surface area contributed by atoms with Gasteiger partial charge in [0.25, 0.3) is 0 Å². The summed E-state index contributed by atoms with van der Waals surface area (Å²) >= 11 is 0. The molecule has 26 heavy (non-hydrogen) atoms. The average molecular weight is 356 g/mol. The lowest BCUT2D eigenvalue weighted by atomic mass is 9.71. The SMILES string of the molecule is CN1CCC2(CC1)Cc1cc(C=CC(=O)N3CC(O)C3)cnc1NC2=O. The van der Waals surface area contributed by atoms with Crippen LogP contribution in [0.15, 0.2) is 18.3 Å². The molecular formula is C19H24N4O3. The maximum absolute atomic E-state index is 12.6. The molecule has 7 heteroatoms. The smallest absolute Gasteiger partial charge is 0.246 e. The highest BCUT2D eigenvalue weighted by Crippen LogP contribution is 2.40. The molecule has 0 saturated carbocycles. The standard InChI is InChI=1S/C19H24N4O3/c1-22-6-4-19(5-7-22)9-14-8-13(10-20-17(14)21-18(19)26)2-3-16(25)23-11-15(24)12-23/h2-3,8,10,15,24H,4-7,9,11-12H2,1H3,(H,20,21,26). The van der Waals surface area contributed by atoms with Gasteiger partial charge in [0.2, 0.25) is 11.8 Å². The first-order chi connectivity index (χ1) is 12.4. The molecule has 2 fully saturated rings. The third-order valence-electron chi connectivity index (χ3n) is 5.77. The van der Waals surface area contributed by atoms with E-state index in [-0.39, 0.29) is 17.2 Å². The third kappa shape index (κ3) is 3.12. The van der Waals surface area contributed by atoms with Crippen LogP contribution in [0, 0.1) is 5.41 Å². The predicted octanol–water partition coefficient (Wildman–Crippen LogP) is 0.504. The normalized spacial score (nSPS) is 23.0. The number of fused-ring (bicyclic) bond motifs is 1. The number of piperidine rings is 1. The summed E-state index contributed by atoms with van der Waals surface area (Å²) in [5, 5.41) is 12.3. The van der Waals surface area contributed by atoms with Crippen LogP contribution in [-0.2, 0) is 16.0 Å². The Labute approximate surface area is 152 Å². The van der Waals surface area contributed by atoms with E-state index in [0.717, 1.165) is 37.1 Å². The Morgan fingerprint density at radius 3 is 2.81 bits per heavy atom. The number of carbonyl (C=O) groups excluding carboxylic acids is 2. The van der Waals surface area contributed by atoms with Crippen LogP contribution in [0.5, 0.6) is 0 Å². The Balaban J connectivity index is 1.50. The minimum Gasteiger partial charge on any atom is -0.389 e. The van der Waals surface area contributed by atoms with Crippen molar-refractivity contribution < 1.29 is 14.7 Å². The Morgan fingerprint density at radius 1 is 1.38 bits per heavy atom. The number of anilines is 1. The van der Waals surface area contributed by atoms with E-state index in [0.29, 0.717) is 25.3 Å². The molecule has 4 heterocycles. The molecule has 7 nitrogen and oxygen atoms in total. The van der Waals surface area contributed by atoms with Crippen molar-refractivity contribution in [2.24, 2.45) is 5.41 Å². The van der Waals surface area contributed by atoms with Crippen LogP contribution in [0.25, 0.3) is 6.08 Å². The fraction of sp³-hybridized carbons (Fsp3) is 0.526. The van der Waals surface area contributed by atoms with Gasteiger partial charge in [0, 0.05) is 25.4 Å². The second kappa shape index (κ2) is 6.48. The maximum Gasteiger partial charge on any atom is 0.246 e. The highest BCUT2D eigenvalue weighted by Gasteiger charge is 2.44. The van der Waals surface area contributed by atoms with Crippen molar-refractivity contribution in [1.82, 2.24) is 14.8 Å². The molecule has 0 radical (unpaired) electrons. The summed E-state index contributed by atoms with van der Waals surface area (Å²) < 4.78 is 0. The van der Waals surface area contributed by atoms with Gasteiger partial charge >= 0.3 is 0 Å². The van der Waals surface area contributed by atoms with Gasteiger partial charge in [0.1, 0.15) is 5.82 Å². The van der Waals surface area contributed by atoms with E-state index in [2.05, 4.69) is 22.2 Å². The molecule has 0 bridgehead atoms. The van der Waals surface area contributed by atoms with Gasteiger partial charge in [-0.3, -0.25) is 9.59 Å². The van der Waals surface area contributed by atoms with Crippen molar-refractivity contribution in [2.75, 3.05) is 38.5 Å². The number of aromatic nitrogens is 1. The van der Waals surface area contributed by atoms with E-state index in [9.17, 15) is 14.7 Å². The van der Waals surface area contributed by atoms with Crippen LogP contribution in [-0.4, -0.2) is 71.0 Å². The molecule has 2 amide bonds. The lowest BCUT2D eigenvalue weighted by Gasteiger charge is -2.42. The number of carbonyl (C=O) groups is 2. The molecular weight excluding hydrogens is 332 g/mol. The van der Waals surface area contributed by atoms with Gasteiger partial charge in [0.05, 0.1) is 11.5 Å². The number of nitrogens with zero attached hydrogens (tertiary/aromatic N) is 3. The molecule has 3 aliphatic rings. The lowest BCUT2D eigenvalue weighted by molar-refractivity contribution is -0.135. The van der Waals surface area contributed by atoms with Crippen molar-refractivity contribution in [2.45, 2.75) is 25.4 Å². The summed E-state index contributed by atoms with van der Waals surface area (Å²) in [4.78, 5) is 32.8. The van der Waals surface area contributed by atoms with Crippen LogP contribution in [0.1, 0.15) is 24.0 Å². The number of nitrogens with one attached hydrogen (secondary N) is 1. The molecule has 4 rings (SSSR count). The summed E-state index contributed by atoms with van der Waals surface area (Å²) in [6.07, 6.45) is 6.94. The van der Waals surface area contributed by atoms with Crippen molar-refractivity contribution in [1.29, 1.82) is 0 Å². The van der Waals surface area contributed by atoms with Crippen LogP contribution in [0.2, 0.25) is 0 Å². The van der Waals surface area contributed by atoms with E-state index in [1.165, 1.54) is 6.08 Å². The number of aliphatic hydroxyl groups excluding tert-OH is 1. The number of pyridine rings is 1. The van der Waals surface area contributed by atoms with Gasteiger partial charge in [-0.2, -0.15) is 0 Å². The van der Waals surface area contributed by atoms with E-state index < -0.39 is 6.10 Å². The van der Waals surface area contributed by atoms with Crippen molar-refractivity contribution >= 4 is 23.7 Å². The predicted molar refractivity (Wildman–Crippen MR) is 97.4 cm³/mol. The van der Waals surface area contributed by atoms with E-state index in [1.807, 2.05) is 6.07 Å². The molecule has 2 N–H and O–H groups in total. The van der Waals surface area contributed by atoms with Gasteiger partial charge in [-0.1, -0.05) is 0 Å². The van der Waals surface area contributed by atoms with Crippen LogP contribution in [0.3, 0.4) is 0 Å². The van der Waals surface area contributed by atoms with Crippen LogP contribution >= 0.6 is 0 Å². The topological polar surface area (TPSA) is 85.8 Å². The number of likely N-dealkylation sites (tertiary alicyclic amines) is 2. The van der Waals surface area contributed by atoms with Gasteiger partial charge in [0.15, 0.2) is 0 Å². The summed E-state index contributed by atoms with van der Waals surface area (Å²) in [6, 6.07) is 2.01.